The standard InChI is InChI=1S/C17H16ClNS.ClH/c1-19-10-4-6-13-14-5-2-3-7-16(14)20-17-9-8-12(18)11-15(13)17;/h2-3,5-9,11,19H,4,10H2,1H3;1H/b13-6+;. The van der Waals surface area contributed by atoms with E-state index in [-0.39, 0.29) is 12.4 Å². The highest BCUT2D eigenvalue weighted by Crippen LogP contribution is 2.46. The molecule has 0 aliphatic carbocycles. The molecule has 1 N–H and O–H groups in total. The highest BCUT2D eigenvalue weighted by atomic mass is 35.5. The molecule has 0 bridgehead atoms. The van der Waals surface area contributed by atoms with Crippen molar-refractivity contribution in [2.45, 2.75) is 16.2 Å². The molecule has 4 heteroatoms. The molecule has 0 spiro atoms. The highest BCUT2D eigenvalue weighted by molar-refractivity contribution is 7.99. The molecular formula is C17H17Cl2NS. The molecule has 1 aliphatic rings. The lowest BCUT2D eigenvalue weighted by Gasteiger charge is -2.22. The zero-order chi connectivity index (χ0) is 13.9. The Labute approximate surface area is 141 Å². The predicted octanol–water partition coefficient (Wildman–Crippen LogP) is 5.27. The molecule has 2 aromatic carbocycles. The largest absolute Gasteiger partial charge is 0.319 e. The zero-order valence-electron chi connectivity index (χ0n) is 11.7. The third-order valence-corrected chi connectivity index (χ3v) is 4.76. The Kier molecular flexibility index (Phi) is 5.77. The van der Waals surface area contributed by atoms with Gasteiger partial charge in [0.2, 0.25) is 0 Å². The summed E-state index contributed by atoms with van der Waals surface area (Å²) in [4.78, 5) is 2.60. The van der Waals surface area contributed by atoms with Crippen LogP contribution in [0.15, 0.2) is 58.3 Å². The minimum Gasteiger partial charge on any atom is -0.319 e. The van der Waals surface area contributed by atoms with Crippen LogP contribution in [0.1, 0.15) is 17.5 Å². The number of hydrogen-bond acceptors (Lipinski definition) is 2. The molecule has 0 radical (unpaired) electrons. The normalized spacial score (nSPS) is 14.3. The summed E-state index contributed by atoms with van der Waals surface area (Å²) in [6.07, 6.45) is 3.32. The first-order valence-corrected chi connectivity index (χ1v) is 7.91. The van der Waals surface area contributed by atoms with Crippen molar-refractivity contribution in [3.63, 3.8) is 0 Å². The van der Waals surface area contributed by atoms with Crippen molar-refractivity contribution in [1.82, 2.24) is 5.32 Å². The molecule has 1 heterocycles. The summed E-state index contributed by atoms with van der Waals surface area (Å²) < 4.78 is 0. The Balaban J connectivity index is 0.00000161. The van der Waals surface area contributed by atoms with Crippen LogP contribution in [-0.4, -0.2) is 13.6 Å². The molecule has 0 fully saturated rings. The van der Waals surface area contributed by atoms with Crippen LogP contribution in [0, 0.1) is 0 Å². The fraction of sp³-hybridized carbons (Fsp3) is 0.176. The Morgan fingerprint density at radius 1 is 1.10 bits per heavy atom. The quantitative estimate of drug-likeness (QED) is 0.653. The van der Waals surface area contributed by atoms with Crippen molar-refractivity contribution in [2.75, 3.05) is 13.6 Å². The molecule has 1 nitrogen and oxygen atoms in total. The number of rotatable bonds is 3. The fourth-order valence-electron chi connectivity index (χ4n) is 2.42. The molecule has 21 heavy (non-hydrogen) atoms. The van der Waals surface area contributed by atoms with Gasteiger partial charge in [-0.25, -0.2) is 0 Å². The van der Waals surface area contributed by atoms with Crippen LogP contribution < -0.4 is 5.32 Å². The molecule has 110 valence electrons. The van der Waals surface area contributed by atoms with Crippen molar-refractivity contribution >= 4 is 41.3 Å². The van der Waals surface area contributed by atoms with Gasteiger partial charge in [0.25, 0.3) is 0 Å². The Morgan fingerprint density at radius 3 is 2.67 bits per heavy atom. The van der Waals surface area contributed by atoms with E-state index < -0.39 is 0 Å². The lowest BCUT2D eigenvalue weighted by Crippen LogP contribution is -2.07. The monoisotopic (exact) mass is 337 g/mol. The number of hydrogen-bond donors (Lipinski definition) is 1. The second-order valence-corrected chi connectivity index (χ2v) is 6.27. The minimum absolute atomic E-state index is 0. The van der Waals surface area contributed by atoms with Crippen molar-refractivity contribution in [2.24, 2.45) is 0 Å². The molecule has 1 aliphatic heterocycles. The molecule has 0 saturated carbocycles. The van der Waals surface area contributed by atoms with Crippen LogP contribution >= 0.6 is 35.8 Å². The van der Waals surface area contributed by atoms with E-state index in [1.54, 1.807) is 0 Å². The molecule has 0 atom stereocenters. The van der Waals surface area contributed by atoms with E-state index >= 15 is 0 Å². The number of fused-ring (bicyclic) bond motifs is 2. The first kappa shape index (κ1) is 16.4. The maximum Gasteiger partial charge on any atom is 0.0412 e. The van der Waals surface area contributed by atoms with Gasteiger partial charge in [0.1, 0.15) is 0 Å². The number of benzene rings is 2. The van der Waals surface area contributed by atoms with Gasteiger partial charge in [-0.05, 0) is 61.0 Å². The molecular weight excluding hydrogens is 321 g/mol. The summed E-state index contributed by atoms with van der Waals surface area (Å²) in [7, 11) is 1.98. The molecule has 3 rings (SSSR count). The van der Waals surface area contributed by atoms with E-state index in [2.05, 4.69) is 47.8 Å². The minimum atomic E-state index is 0. The van der Waals surface area contributed by atoms with Gasteiger partial charge < -0.3 is 5.32 Å². The summed E-state index contributed by atoms with van der Waals surface area (Å²) >= 11 is 8.00. The SMILES string of the molecule is CNCC/C=C1\c2ccccc2Sc2ccc(Cl)cc21.Cl. The fourth-order valence-corrected chi connectivity index (χ4v) is 3.68. The van der Waals surface area contributed by atoms with E-state index in [1.165, 1.54) is 26.5 Å². The third kappa shape index (κ3) is 3.46. The third-order valence-electron chi connectivity index (χ3n) is 3.37. The number of halogens is 2. The van der Waals surface area contributed by atoms with E-state index in [0.29, 0.717) is 0 Å². The molecule has 0 aromatic heterocycles. The Bertz CT molecular complexity index is 668. The molecule has 2 aromatic rings. The Hall–Kier alpha value is -0.930. The van der Waals surface area contributed by atoms with Gasteiger partial charge in [-0.1, -0.05) is 47.6 Å². The van der Waals surface area contributed by atoms with E-state index in [1.807, 2.05) is 24.9 Å². The maximum absolute atomic E-state index is 6.18. The molecule has 0 amide bonds. The topological polar surface area (TPSA) is 12.0 Å². The summed E-state index contributed by atoms with van der Waals surface area (Å²) in [6.45, 7) is 0.981. The van der Waals surface area contributed by atoms with Crippen molar-refractivity contribution in [1.29, 1.82) is 0 Å². The van der Waals surface area contributed by atoms with E-state index in [4.69, 9.17) is 11.6 Å². The van der Waals surface area contributed by atoms with Crippen LogP contribution in [-0.2, 0) is 0 Å². The van der Waals surface area contributed by atoms with Gasteiger partial charge in [0.05, 0.1) is 0 Å². The van der Waals surface area contributed by atoms with Crippen LogP contribution in [0.2, 0.25) is 5.02 Å². The summed E-state index contributed by atoms with van der Waals surface area (Å²) in [5, 5.41) is 3.99. The predicted molar refractivity (Wildman–Crippen MR) is 94.9 cm³/mol. The van der Waals surface area contributed by atoms with Crippen molar-refractivity contribution in [3.05, 3.63) is 64.7 Å². The smallest absolute Gasteiger partial charge is 0.0412 e. The Morgan fingerprint density at radius 2 is 1.86 bits per heavy atom. The van der Waals surface area contributed by atoms with Gasteiger partial charge in [-0.15, -0.1) is 12.4 Å². The summed E-state index contributed by atoms with van der Waals surface area (Å²) in [5.41, 5.74) is 3.85. The van der Waals surface area contributed by atoms with Crippen LogP contribution in [0.3, 0.4) is 0 Å². The first-order chi connectivity index (χ1) is 9.79. The maximum atomic E-state index is 6.18. The number of nitrogens with one attached hydrogen (secondary N) is 1. The lowest BCUT2D eigenvalue weighted by molar-refractivity contribution is 0.808. The van der Waals surface area contributed by atoms with E-state index in [0.717, 1.165) is 18.0 Å². The first-order valence-electron chi connectivity index (χ1n) is 6.71. The van der Waals surface area contributed by atoms with E-state index in [9.17, 15) is 0 Å². The van der Waals surface area contributed by atoms with Crippen molar-refractivity contribution in [3.8, 4) is 0 Å². The molecule has 0 saturated heterocycles. The average molecular weight is 338 g/mol. The van der Waals surface area contributed by atoms with Gasteiger partial charge in [-0.3, -0.25) is 0 Å². The van der Waals surface area contributed by atoms with Crippen LogP contribution in [0.4, 0.5) is 0 Å². The van der Waals surface area contributed by atoms with Gasteiger partial charge >= 0.3 is 0 Å². The average Bonchev–Trinajstić information content (AvgIpc) is 2.47. The second-order valence-electron chi connectivity index (χ2n) is 4.75. The zero-order valence-corrected chi connectivity index (χ0v) is 14.1. The van der Waals surface area contributed by atoms with Gasteiger partial charge in [0, 0.05) is 14.8 Å². The second kappa shape index (κ2) is 7.37. The summed E-state index contributed by atoms with van der Waals surface area (Å²) in [6, 6.07) is 14.7. The van der Waals surface area contributed by atoms with Gasteiger partial charge in [0.15, 0.2) is 0 Å². The van der Waals surface area contributed by atoms with Gasteiger partial charge in [-0.2, -0.15) is 0 Å². The lowest BCUT2D eigenvalue weighted by atomic mass is 9.96. The summed E-state index contributed by atoms with van der Waals surface area (Å²) in [5.74, 6) is 0. The van der Waals surface area contributed by atoms with Crippen molar-refractivity contribution < 1.29 is 0 Å². The highest BCUT2D eigenvalue weighted by Gasteiger charge is 2.20. The van der Waals surface area contributed by atoms with Crippen LogP contribution in [0.25, 0.3) is 5.57 Å². The molecule has 0 unspecified atom stereocenters. The van der Waals surface area contributed by atoms with Crippen LogP contribution in [0.5, 0.6) is 0 Å².